The van der Waals surface area contributed by atoms with Crippen molar-refractivity contribution >= 4 is 28.3 Å². The SMILES string of the molecule is COc1cc(OC)cc(N2C(=N)C(c3nc4ccccc4[nH]3)C(=O)C2(C)C)c1. The van der Waals surface area contributed by atoms with Gasteiger partial charge in [-0.3, -0.25) is 10.2 Å². The molecule has 0 spiro atoms. The van der Waals surface area contributed by atoms with E-state index in [0.29, 0.717) is 23.0 Å². The average molecular weight is 378 g/mol. The number of ether oxygens (including phenoxy) is 2. The number of nitrogens with zero attached hydrogens (tertiary/aromatic N) is 2. The first kappa shape index (κ1) is 18.0. The Hall–Kier alpha value is -3.35. The number of Topliss-reactive ketones (excluding diaryl/α,β-unsaturated/α-hetero) is 1. The summed E-state index contributed by atoms with van der Waals surface area (Å²) in [7, 11) is 3.14. The highest BCUT2D eigenvalue weighted by Gasteiger charge is 2.53. The summed E-state index contributed by atoms with van der Waals surface area (Å²) >= 11 is 0. The first-order chi connectivity index (χ1) is 13.4. The molecule has 7 heteroatoms. The molecule has 1 fully saturated rings. The van der Waals surface area contributed by atoms with Crippen LogP contribution in [-0.2, 0) is 4.79 Å². The molecule has 1 unspecified atom stereocenters. The maximum absolute atomic E-state index is 13.3. The van der Waals surface area contributed by atoms with Gasteiger partial charge in [0.15, 0.2) is 5.78 Å². The van der Waals surface area contributed by atoms with Crippen LogP contribution in [0, 0.1) is 5.41 Å². The molecule has 1 aliphatic rings. The summed E-state index contributed by atoms with van der Waals surface area (Å²) in [6.07, 6.45) is 0. The number of nitrogens with one attached hydrogen (secondary N) is 2. The molecule has 2 heterocycles. The standard InChI is InChI=1S/C21H22N4O3/c1-21(2)18(26)17(20-23-15-7-5-6-8-16(15)24-20)19(22)25(21)12-9-13(27-3)11-14(10-12)28-4/h5-11,17,22H,1-4H3,(H,23,24). The molecule has 1 saturated heterocycles. The van der Waals surface area contributed by atoms with E-state index < -0.39 is 11.5 Å². The number of aromatic amines is 1. The highest BCUT2D eigenvalue weighted by molar-refractivity contribution is 6.25. The number of ketones is 1. The van der Waals surface area contributed by atoms with Gasteiger partial charge in [-0.1, -0.05) is 12.1 Å². The molecular weight excluding hydrogens is 356 g/mol. The van der Waals surface area contributed by atoms with Crippen LogP contribution in [0.4, 0.5) is 5.69 Å². The Morgan fingerprint density at radius 2 is 1.75 bits per heavy atom. The Morgan fingerprint density at radius 3 is 2.36 bits per heavy atom. The number of hydrogen-bond acceptors (Lipinski definition) is 5. The molecule has 1 aliphatic heterocycles. The molecule has 4 rings (SSSR count). The lowest BCUT2D eigenvalue weighted by Crippen LogP contribution is -2.44. The van der Waals surface area contributed by atoms with Crippen molar-refractivity contribution < 1.29 is 14.3 Å². The number of amidine groups is 1. The molecular formula is C21H22N4O3. The Morgan fingerprint density at radius 1 is 1.11 bits per heavy atom. The molecule has 1 atom stereocenters. The van der Waals surface area contributed by atoms with Gasteiger partial charge in [-0.25, -0.2) is 4.98 Å². The lowest BCUT2D eigenvalue weighted by atomic mass is 9.93. The van der Waals surface area contributed by atoms with Gasteiger partial charge in [0.25, 0.3) is 0 Å². The van der Waals surface area contributed by atoms with Crippen molar-refractivity contribution in [2.24, 2.45) is 0 Å². The lowest BCUT2D eigenvalue weighted by Gasteiger charge is -2.31. The molecule has 0 amide bonds. The number of fused-ring (bicyclic) bond motifs is 1. The molecule has 144 valence electrons. The first-order valence-corrected chi connectivity index (χ1v) is 8.97. The van der Waals surface area contributed by atoms with Gasteiger partial charge < -0.3 is 19.4 Å². The largest absolute Gasteiger partial charge is 0.497 e. The molecule has 2 aromatic carbocycles. The van der Waals surface area contributed by atoms with Gasteiger partial charge in [0.2, 0.25) is 0 Å². The second-order valence-corrected chi connectivity index (χ2v) is 7.29. The fourth-order valence-electron chi connectivity index (χ4n) is 3.76. The molecule has 0 saturated carbocycles. The fraction of sp³-hybridized carbons (Fsp3) is 0.286. The van der Waals surface area contributed by atoms with E-state index in [4.69, 9.17) is 14.9 Å². The van der Waals surface area contributed by atoms with E-state index in [1.807, 2.05) is 38.1 Å². The highest BCUT2D eigenvalue weighted by Crippen LogP contribution is 2.42. The highest BCUT2D eigenvalue weighted by atomic mass is 16.5. The number of rotatable bonds is 4. The third-order valence-corrected chi connectivity index (χ3v) is 5.21. The lowest BCUT2D eigenvalue weighted by molar-refractivity contribution is -0.121. The number of methoxy groups -OCH3 is 2. The third kappa shape index (κ3) is 2.62. The molecule has 0 bridgehead atoms. The minimum absolute atomic E-state index is 0.0849. The van der Waals surface area contributed by atoms with E-state index in [9.17, 15) is 4.79 Å². The Balaban J connectivity index is 1.82. The summed E-state index contributed by atoms with van der Waals surface area (Å²) in [5.74, 6) is 0.999. The number of anilines is 1. The summed E-state index contributed by atoms with van der Waals surface area (Å²) in [6, 6.07) is 13.0. The van der Waals surface area contributed by atoms with Crippen molar-refractivity contribution in [1.82, 2.24) is 9.97 Å². The van der Waals surface area contributed by atoms with Crippen molar-refractivity contribution in [3.63, 3.8) is 0 Å². The monoisotopic (exact) mass is 378 g/mol. The number of H-pyrrole nitrogens is 1. The third-order valence-electron chi connectivity index (χ3n) is 5.21. The maximum Gasteiger partial charge on any atom is 0.176 e. The van der Waals surface area contributed by atoms with E-state index in [-0.39, 0.29) is 11.6 Å². The van der Waals surface area contributed by atoms with Gasteiger partial charge in [-0.15, -0.1) is 0 Å². The van der Waals surface area contributed by atoms with Gasteiger partial charge in [-0.2, -0.15) is 0 Å². The van der Waals surface area contributed by atoms with E-state index in [0.717, 1.165) is 11.0 Å². The van der Waals surface area contributed by atoms with Gasteiger partial charge in [-0.05, 0) is 26.0 Å². The quantitative estimate of drug-likeness (QED) is 0.725. The minimum Gasteiger partial charge on any atom is -0.497 e. The minimum atomic E-state index is -0.919. The topological polar surface area (TPSA) is 91.3 Å². The number of carbonyl (C=O) groups is 1. The van der Waals surface area contributed by atoms with Gasteiger partial charge in [0.05, 0.1) is 30.9 Å². The van der Waals surface area contributed by atoms with Crippen LogP contribution in [0.2, 0.25) is 0 Å². The van der Waals surface area contributed by atoms with Crippen molar-refractivity contribution in [3.05, 3.63) is 48.3 Å². The zero-order chi connectivity index (χ0) is 20.1. The van der Waals surface area contributed by atoms with Gasteiger partial charge >= 0.3 is 0 Å². The van der Waals surface area contributed by atoms with Crippen LogP contribution in [0.15, 0.2) is 42.5 Å². The summed E-state index contributed by atoms with van der Waals surface area (Å²) in [5, 5.41) is 8.82. The second-order valence-electron chi connectivity index (χ2n) is 7.29. The van der Waals surface area contributed by atoms with Crippen molar-refractivity contribution in [2.75, 3.05) is 19.1 Å². The zero-order valence-electron chi connectivity index (χ0n) is 16.2. The van der Waals surface area contributed by atoms with Gasteiger partial charge in [0, 0.05) is 18.2 Å². The van der Waals surface area contributed by atoms with Gasteiger partial charge in [0.1, 0.15) is 34.6 Å². The molecule has 7 nitrogen and oxygen atoms in total. The summed E-state index contributed by atoms with van der Waals surface area (Å²) in [5.41, 5.74) is 1.37. The number of aromatic nitrogens is 2. The molecule has 0 radical (unpaired) electrons. The van der Waals surface area contributed by atoms with Crippen LogP contribution >= 0.6 is 0 Å². The van der Waals surface area contributed by atoms with Crippen LogP contribution in [0.1, 0.15) is 25.6 Å². The summed E-state index contributed by atoms with van der Waals surface area (Å²) in [6.45, 7) is 3.64. The van der Waals surface area contributed by atoms with Crippen LogP contribution in [0.25, 0.3) is 11.0 Å². The first-order valence-electron chi connectivity index (χ1n) is 8.97. The van der Waals surface area contributed by atoms with Crippen LogP contribution < -0.4 is 14.4 Å². The van der Waals surface area contributed by atoms with Crippen LogP contribution in [0.3, 0.4) is 0 Å². The average Bonchev–Trinajstić information content (AvgIpc) is 3.17. The number of imidazole rings is 1. The maximum atomic E-state index is 13.3. The smallest absolute Gasteiger partial charge is 0.176 e. The van der Waals surface area contributed by atoms with E-state index in [2.05, 4.69) is 9.97 Å². The van der Waals surface area contributed by atoms with E-state index in [1.54, 1.807) is 37.3 Å². The second kappa shape index (κ2) is 6.37. The van der Waals surface area contributed by atoms with E-state index in [1.165, 1.54) is 0 Å². The predicted octanol–water partition coefficient (Wildman–Crippen LogP) is 3.51. The normalized spacial score (nSPS) is 18.7. The molecule has 0 aliphatic carbocycles. The zero-order valence-corrected chi connectivity index (χ0v) is 16.2. The summed E-state index contributed by atoms with van der Waals surface area (Å²) in [4.78, 5) is 22.8. The van der Waals surface area contributed by atoms with Crippen molar-refractivity contribution in [3.8, 4) is 11.5 Å². The molecule has 2 N–H and O–H groups in total. The molecule has 28 heavy (non-hydrogen) atoms. The number of benzene rings is 2. The number of carbonyl (C=O) groups excluding carboxylic acids is 1. The van der Waals surface area contributed by atoms with E-state index >= 15 is 0 Å². The summed E-state index contributed by atoms with van der Waals surface area (Å²) < 4.78 is 10.7. The van der Waals surface area contributed by atoms with Crippen LogP contribution in [-0.4, -0.2) is 41.3 Å². The van der Waals surface area contributed by atoms with Crippen molar-refractivity contribution in [1.29, 1.82) is 5.41 Å². The predicted molar refractivity (Wildman–Crippen MR) is 108 cm³/mol. The number of hydrogen-bond donors (Lipinski definition) is 2. The number of para-hydroxylation sites is 2. The Kier molecular flexibility index (Phi) is 4.10. The fourth-order valence-corrected chi connectivity index (χ4v) is 3.76. The van der Waals surface area contributed by atoms with Crippen LogP contribution in [0.5, 0.6) is 11.5 Å². The molecule has 3 aromatic rings. The van der Waals surface area contributed by atoms with Crippen molar-refractivity contribution in [2.45, 2.75) is 25.3 Å². The molecule has 1 aromatic heterocycles. The Bertz CT molecular complexity index is 1030. The Labute approximate surface area is 162 Å².